The standard InChI is InChI=1S/C24H28N2O4S/c1-4-19-7-5-6-14-26(19)31(28,29)20-11-9-18(10-12-20)25-24(27)23-17(3)21-15-16(2)8-13-22(21)30-23/h8-13,15,19H,4-7,14H2,1-3H3,(H,25,27). The van der Waals surface area contributed by atoms with Gasteiger partial charge in [-0.3, -0.25) is 4.79 Å². The maximum Gasteiger partial charge on any atom is 0.291 e. The highest BCUT2D eigenvalue weighted by Crippen LogP contribution is 2.29. The van der Waals surface area contributed by atoms with Crippen molar-refractivity contribution in [3.05, 3.63) is 59.4 Å². The molecule has 1 unspecified atom stereocenters. The van der Waals surface area contributed by atoms with Crippen molar-refractivity contribution >= 4 is 32.6 Å². The lowest BCUT2D eigenvalue weighted by Gasteiger charge is -2.34. The third-order valence-corrected chi connectivity index (χ3v) is 8.03. The molecule has 164 valence electrons. The van der Waals surface area contributed by atoms with Crippen LogP contribution in [0, 0.1) is 13.8 Å². The molecule has 0 saturated carbocycles. The van der Waals surface area contributed by atoms with Crippen LogP contribution in [0.15, 0.2) is 51.8 Å². The molecule has 0 radical (unpaired) electrons. The molecular formula is C24H28N2O4S. The number of aryl methyl sites for hydroxylation is 2. The zero-order valence-corrected chi connectivity index (χ0v) is 19.0. The molecule has 1 aromatic heterocycles. The summed E-state index contributed by atoms with van der Waals surface area (Å²) < 4.78 is 33.6. The Balaban J connectivity index is 1.53. The van der Waals surface area contributed by atoms with Crippen LogP contribution >= 0.6 is 0 Å². The molecule has 2 heterocycles. The number of carbonyl (C=O) groups excluding carboxylic acids is 1. The minimum atomic E-state index is -3.55. The van der Waals surface area contributed by atoms with E-state index in [1.807, 2.05) is 39.0 Å². The molecule has 1 amide bonds. The Hall–Kier alpha value is -2.64. The van der Waals surface area contributed by atoms with Crippen LogP contribution in [0.2, 0.25) is 0 Å². The highest BCUT2D eigenvalue weighted by atomic mass is 32.2. The number of furan rings is 1. The van der Waals surface area contributed by atoms with Crippen molar-refractivity contribution in [3.8, 4) is 0 Å². The summed E-state index contributed by atoms with van der Waals surface area (Å²) in [6.07, 6.45) is 3.67. The summed E-state index contributed by atoms with van der Waals surface area (Å²) in [6, 6.07) is 12.2. The molecular weight excluding hydrogens is 412 g/mol. The van der Waals surface area contributed by atoms with Gasteiger partial charge < -0.3 is 9.73 Å². The lowest BCUT2D eigenvalue weighted by Crippen LogP contribution is -2.43. The van der Waals surface area contributed by atoms with E-state index in [4.69, 9.17) is 4.42 Å². The SMILES string of the molecule is CCC1CCCCN1S(=O)(=O)c1ccc(NC(=O)c2oc3ccc(C)cc3c2C)cc1. The summed E-state index contributed by atoms with van der Waals surface area (Å²) in [5.41, 5.74) is 3.07. The van der Waals surface area contributed by atoms with Gasteiger partial charge in [-0.15, -0.1) is 0 Å². The number of nitrogens with zero attached hydrogens (tertiary/aromatic N) is 1. The molecule has 7 heteroatoms. The fraction of sp³-hybridized carbons (Fsp3) is 0.375. The third kappa shape index (κ3) is 4.12. The highest BCUT2D eigenvalue weighted by molar-refractivity contribution is 7.89. The van der Waals surface area contributed by atoms with Crippen molar-refractivity contribution in [2.24, 2.45) is 0 Å². The van der Waals surface area contributed by atoms with Gasteiger partial charge in [-0.2, -0.15) is 4.31 Å². The van der Waals surface area contributed by atoms with Gasteiger partial charge in [0.15, 0.2) is 5.76 Å². The van der Waals surface area contributed by atoms with Gasteiger partial charge in [-0.25, -0.2) is 8.42 Å². The Morgan fingerprint density at radius 3 is 2.58 bits per heavy atom. The molecule has 6 nitrogen and oxygen atoms in total. The van der Waals surface area contributed by atoms with Crippen LogP contribution in [0.5, 0.6) is 0 Å². The van der Waals surface area contributed by atoms with Crippen molar-refractivity contribution in [1.82, 2.24) is 4.31 Å². The smallest absolute Gasteiger partial charge is 0.291 e. The Morgan fingerprint density at radius 2 is 1.87 bits per heavy atom. The molecule has 0 spiro atoms. The molecule has 1 aliphatic rings. The van der Waals surface area contributed by atoms with E-state index in [0.717, 1.165) is 42.2 Å². The molecule has 1 saturated heterocycles. The summed E-state index contributed by atoms with van der Waals surface area (Å²) >= 11 is 0. The summed E-state index contributed by atoms with van der Waals surface area (Å²) in [5.74, 6) is -0.0968. The Labute approximate surface area is 183 Å². The molecule has 1 atom stereocenters. The van der Waals surface area contributed by atoms with Gasteiger partial charge in [-0.1, -0.05) is 25.0 Å². The first kappa shape index (κ1) is 21.6. The average molecular weight is 441 g/mol. The average Bonchev–Trinajstić information content (AvgIpc) is 3.10. The van der Waals surface area contributed by atoms with Crippen molar-refractivity contribution in [2.75, 3.05) is 11.9 Å². The number of rotatable bonds is 5. The van der Waals surface area contributed by atoms with Crippen LogP contribution in [0.3, 0.4) is 0 Å². The first-order chi connectivity index (χ1) is 14.8. The predicted molar refractivity (Wildman–Crippen MR) is 122 cm³/mol. The van der Waals surface area contributed by atoms with Crippen molar-refractivity contribution in [2.45, 2.75) is 57.4 Å². The lowest BCUT2D eigenvalue weighted by atomic mass is 10.0. The Kier molecular flexibility index (Phi) is 5.90. The molecule has 3 aromatic rings. The zero-order chi connectivity index (χ0) is 22.2. The summed E-state index contributed by atoms with van der Waals surface area (Å²) in [6.45, 7) is 6.44. The number of anilines is 1. The Bertz CT molecular complexity index is 1210. The number of hydrogen-bond acceptors (Lipinski definition) is 4. The van der Waals surface area contributed by atoms with Crippen LogP contribution in [-0.4, -0.2) is 31.2 Å². The van der Waals surface area contributed by atoms with E-state index in [0.29, 0.717) is 17.8 Å². The maximum atomic E-state index is 13.1. The summed E-state index contributed by atoms with van der Waals surface area (Å²) in [4.78, 5) is 13.0. The van der Waals surface area contributed by atoms with Crippen LogP contribution in [0.4, 0.5) is 5.69 Å². The minimum Gasteiger partial charge on any atom is -0.451 e. The number of amides is 1. The number of hydrogen-bond donors (Lipinski definition) is 1. The molecule has 1 N–H and O–H groups in total. The van der Waals surface area contributed by atoms with Crippen molar-refractivity contribution < 1.29 is 17.6 Å². The third-order valence-electron chi connectivity index (χ3n) is 6.06. The van der Waals surface area contributed by atoms with E-state index < -0.39 is 10.0 Å². The Morgan fingerprint density at radius 1 is 1.13 bits per heavy atom. The van der Waals surface area contributed by atoms with E-state index in [1.165, 1.54) is 0 Å². The van der Waals surface area contributed by atoms with Gasteiger partial charge in [0.05, 0.1) is 4.90 Å². The van der Waals surface area contributed by atoms with Crippen LogP contribution in [0.1, 0.15) is 54.3 Å². The van der Waals surface area contributed by atoms with Gasteiger partial charge in [0.2, 0.25) is 10.0 Å². The molecule has 1 fully saturated rings. The second-order valence-corrected chi connectivity index (χ2v) is 10.1. The number of sulfonamides is 1. The second-order valence-electron chi connectivity index (χ2n) is 8.21. The van der Waals surface area contributed by atoms with E-state index in [-0.39, 0.29) is 22.6 Å². The topological polar surface area (TPSA) is 79.6 Å². The molecule has 1 aliphatic heterocycles. The first-order valence-electron chi connectivity index (χ1n) is 10.7. The number of carbonyl (C=O) groups is 1. The predicted octanol–water partition coefficient (Wildman–Crippen LogP) is 5.26. The van der Waals surface area contributed by atoms with Gasteiger partial charge in [-0.05, 0) is 69.5 Å². The van der Waals surface area contributed by atoms with E-state index in [9.17, 15) is 13.2 Å². The fourth-order valence-electron chi connectivity index (χ4n) is 4.28. The van der Waals surface area contributed by atoms with Crippen molar-refractivity contribution in [3.63, 3.8) is 0 Å². The zero-order valence-electron chi connectivity index (χ0n) is 18.1. The number of benzene rings is 2. The van der Waals surface area contributed by atoms with Gasteiger partial charge in [0.1, 0.15) is 5.58 Å². The lowest BCUT2D eigenvalue weighted by molar-refractivity contribution is 0.0998. The maximum absolute atomic E-state index is 13.1. The number of fused-ring (bicyclic) bond motifs is 1. The van der Waals surface area contributed by atoms with Gasteiger partial charge >= 0.3 is 0 Å². The summed E-state index contributed by atoms with van der Waals surface area (Å²) in [5, 5.41) is 3.73. The molecule has 31 heavy (non-hydrogen) atoms. The van der Waals surface area contributed by atoms with Gasteiger partial charge in [0.25, 0.3) is 5.91 Å². The number of nitrogens with one attached hydrogen (secondary N) is 1. The minimum absolute atomic E-state index is 0.0535. The fourth-order valence-corrected chi connectivity index (χ4v) is 6.05. The highest BCUT2D eigenvalue weighted by Gasteiger charge is 2.32. The van der Waals surface area contributed by atoms with E-state index in [2.05, 4.69) is 5.32 Å². The quantitative estimate of drug-likeness (QED) is 0.587. The normalized spacial score (nSPS) is 17.7. The molecule has 2 aromatic carbocycles. The summed E-state index contributed by atoms with van der Waals surface area (Å²) in [7, 11) is -3.55. The van der Waals surface area contributed by atoms with Crippen LogP contribution in [0.25, 0.3) is 11.0 Å². The first-order valence-corrected chi connectivity index (χ1v) is 12.2. The van der Waals surface area contributed by atoms with E-state index in [1.54, 1.807) is 28.6 Å². The molecule has 4 rings (SSSR count). The number of piperidine rings is 1. The monoisotopic (exact) mass is 440 g/mol. The van der Waals surface area contributed by atoms with Crippen LogP contribution in [-0.2, 0) is 10.0 Å². The molecule has 0 bridgehead atoms. The second kappa shape index (κ2) is 8.48. The van der Waals surface area contributed by atoms with E-state index >= 15 is 0 Å². The molecule has 0 aliphatic carbocycles. The van der Waals surface area contributed by atoms with Gasteiger partial charge in [0, 0.05) is 29.2 Å². The van der Waals surface area contributed by atoms with Crippen LogP contribution < -0.4 is 5.32 Å². The van der Waals surface area contributed by atoms with Crippen molar-refractivity contribution in [1.29, 1.82) is 0 Å². The largest absolute Gasteiger partial charge is 0.451 e.